The number of carbonyl (C=O) groups is 2. The van der Waals surface area contributed by atoms with Crippen molar-refractivity contribution in [1.29, 1.82) is 0 Å². The Bertz CT molecular complexity index is 778. The van der Waals surface area contributed by atoms with Crippen molar-refractivity contribution in [2.24, 2.45) is 0 Å². The van der Waals surface area contributed by atoms with E-state index in [-0.39, 0.29) is 17.2 Å². The zero-order valence-electron chi connectivity index (χ0n) is 17.0. The standard InChI is InChI=1S/C23H30N2O2/c1-18(26)25(21-14-10-9-13-20(21)23(2,3)4)16-15-22(27)24(5)17-19-11-7-6-8-12-19/h6-14H,15-17H2,1-5H3. The highest BCUT2D eigenvalue weighted by Crippen LogP contribution is 2.32. The highest BCUT2D eigenvalue weighted by atomic mass is 16.2. The molecule has 0 N–H and O–H groups in total. The van der Waals surface area contributed by atoms with E-state index in [2.05, 4.69) is 26.8 Å². The molecular weight excluding hydrogens is 336 g/mol. The van der Waals surface area contributed by atoms with Gasteiger partial charge in [0.05, 0.1) is 0 Å². The monoisotopic (exact) mass is 366 g/mol. The lowest BCUT2D eigenvalue weighted by Gasteiger charge is -2.30. The van der Waals surface area contributed by atoms with Crippen molar-refractivity contribution in [3.05, 3.63) is 65.7 Å². The number of benzene rings is 2. The molecule has 4 heteroatoms. The van der Waals surface area contributed by atoms with Gasteiger partial charge < -0.3 is 9.80 Å². The molecule has 0 atom stereocenters. The van der Waals surface area contributed by atoms with Crippen LogP contribution in [-0.2, 0) is 21.5 Å². The van der Waals surface area contributed by atoms with Gasteiger partial charge in [0.2, 0.25) is 11.8 Å². The minimum absolute atomic E-state index is 0.0262. The van der Waals surface area contributed by atoms with Gasteiger partial charge in [-0.2, -0.15) is 0 Å². The van der Waals surface area contributed by atoms with Gasteiger partial charge in [-0.05, 0) is 22.6 Å². The van der Waals surface area contributed by atoms with Crippen molar-refractivity contribution >= 4 is 17.5 Å². The van der Waals surface area contributed by atoms with E-state index in [9.17, 15) is 9.59 Å². The van der Waals surface area contributed by atoms with E-state index in [1.54, 1.807) is 23.8 Å². The fraction of sp³-hybridized carbons (Fsp3) is 0.391. The van der Waals surface area contributed by atoms with Crippen LogP contribution in [-0.4, -0.2) is 30.3 Å². The maximum atomic E-state index is 12.6. The van der Waals surface area contributed by atoms with Gasteiger partial charge in [-0.1, -0.05) is 69.3 Å². The molecule has 0 aliphatic rings. The zero-order valence-corrected chi connectivity index (χ0v) is 17.0. The molecule has 27 heavy (non-hydrogen) atoms. The van der Waals surface area contributed by atoms with Gasteiger partial charge in [0.15, 0.2) is 0 Å². The summed E-state index contributed by atoms with van der Waals surface area (Å²) < 4.78 is 0. The van der Waals surface area contributed by atoms with E-state index in [1.807, 2.05) is 48.5 Å². The minimum atomic E-state index is -0.0849. The summed E-state index contributed by atoms with van der Waals surface area (Å²) in [5.41, 5.74) is 2.99. The van der Waals surface area contributed by atoms with Gasteiger partial charge in [0.1, 0.15) is 0 Å². The summed E-state index contributed by atoms with van der Waals surface area (Å²) in [6, 6.07) is 17.8. The summed E-state index contributed by atoms with van der Waals surface area (Å²) in [5, 5.41) is 0. The molecule has 0 heterocycles. The zero-order chi connectivity index (χ0) is 20.0. The Morgan fingerprint density at radius 1 is 0.926 bits per heavy atom. The average Bonchev–Trinajstić information content (AvgIpc) is 2.61. The first kappa shape index (κ1) is 20.7. The van der Waals surface area contributed by atoms with Crippen molar-refractivity contribution in [3.63, 3.8) is 0 Å². The lowest BCUT2D eigenvalue weighted by Crippen LogP contribution is -2.35. The molecule has 2 aromatic carbocycles. The summed E-state index contributed by atoms with van der Waals surface area (Å²) >= 11 is 0. The average molecular weight is 367 g/mol. The Balaban J connectivity index is 2.09. The second kappa shape index (κ2) is 8.85. The first-order valence-corrected chi connectivity index (χ1v) is 9.35. The van der Waals surface area contributed by atoms with E-state index in [0.29, 0.717) is 19.5 Å². The SMILES string of the molecule is CC(=O)N(CCC(=O)N(C)Cc1ccccc1)c1ccccc1C(C)(C)C. The fourth-order valence-electron chi connectivity index (χ4n) is 3.13. The van der Waals surface area contributed by atoms with Crippen LogP contribution in [0.4, 0.5) is 5.69 Å². The number of hydrogen-bond acceptors (Lipinski definition) is 2. The summed E-state index contributed by atoms with van der Waals surface area (Å²) in [6.07, 6.45) is 0.293. The predicted octanol–water partition coefficient (Wildman–Crippen LogP) is 4.39. The second-order valence-electron chi connectivity index (χ2n) is 7.92. The molecule has 2 amide bonds. The van der Waals surface area contributed by atoms with Crippen LogP contribution in [0.2, 0.25) is 0 Å². The van der Waals surface area contributed by atoms with Gasteiger partial charge in [-0.25, -0.2) is 0 Å². The molecule has 0 aliphatic carbocycles. The summed E-state index contributed by atoms with van der Waals surface area (Å²) in [5.74, 6) is -0.0245. The van der Waals surface area contributed by atoms with E-state index >= 15 is 0 Å². The quantitative estimate of drug-likeness (QED) is 0.761. The second-order valence-corrected chi connectivity index (χ2v) is 7.92. The van der Waals surface area contributed by atoms with Crippen LogP contribution in [0.1, 0.15) is 45.2 Å². The van der Waals surface area contributed by atoms with Crippen molar-refractivity contribution in [2.45, 2.75) is 46.1 Å². The molecule has 0 aliphatic heterocycles. The minimum Gasteiger partial charge on any atom is -0.341 e. The molecule has 0 bridgehead atoms. The Hall–Kier alpha value is -2.62. The molecule has 144 valence electrons. The van der Waals surface area contributed by atoms with Crippen LogP contribution in [0.3, 0.4) is 0 Å². The number of para-hydroxylation sites is 1. The largest absolute Gasteiger partial charge is 0.341 e. The van der Waals surface area contributed by atoms with Gasteiger partial charge in [0.25, 0.3) is 0 Å². The Morgan fingerprint density at radius 3 is 2.11 bits per heavy atom. The lowest BCUT2D eigenvalue weighted by atomic mass is 9.85. The highest BCUT2D eigenvalue weighted by molar-refractivity contribution is 5.93. The lowest BCUT2D eigenvalue weighted by molar-refractivity contribution is -0.130. The molecule has 0 fully saturated rings. The van der Waals surface area contributed by atoms with Crippen LogP contribution in [0.15, 0.2) is 54.6 Å². The number of hydrogen-bond donors (Lipinski definition) is 0. The van der Waals surface area contributed by atoms with E-state index in [1.165, 1.54) is 0 Å². The summed E-state index contributed by atoms with van der Waals surface area (Å²) in [7, 11) is 1.80. The van der Waals surface area contributed by atoms with Crippen molar-refractivity contribution in [1.82, 2.24) is 4.90 Å². The van der Waals surface area contributed by atoms with Gasteiger partial charge in [-0.3, -0.25) is 9.59 Å². The Kier molecular flexibility index (Phi) is 6.78. The van der Waals surface area contributed by atoms with Crippen LogP contribution < -0.4 is 4.90 Å². The number of anilines is 1. The van der Waals surface area contributed by atoms with E-state index in [0.717, 1.165) is 16.8 Å². The maximum Gasteiger partial charge on any atom is 0.224 e. The first-order chi connectivity index (χ1) is 12.7. The van der Waals surface area contributed by atoms with Crippen LogP contribution in [0.25, 0.3) is 0 Å². The van der Waals surface area contributed by atoms with Crippen LogP contribution >= 0.6 is 0 Å². The molecule has 0 aromatic heterocycles. The topological polar surface area (TPSA) is 40.6 Å². The molecule has 0 saturated carbocycles. The smallest absolute Gasteiger partial charge is 0.224 e. The van der Waals surface area contributed by atoms with Crippen molar-refractivity contribution in [2.75, 3.05) is 18.5 Å². The third-order valence-electron chi connectivity index (χ3n) is 4.62. The molecule has 4 nitrogen and oxygen atoms in total. The van der Waals surface area contributed by atoms with Gasteiger partial charge >= 0.3 is 0 Å². The summed E-state index contributed by atoms with van der Waals surface area (Å²) in [4.78, 5) is 28.3. The van der Waals surface area contributed by atoms with Crippen LogP contribution in [0.5, 0.6) is 0 Å². The number of amides is 2. The Morgan fingerprint density at radius 2 is 1.52 bits per heavy atom. The van der Waals surface area contributed by atoms with Crippen molar-refractivity contribution < 1.29 is 9.59 Å². The Labute approximate surface area is 162 Å². The molecule has 2 aromatic rings. The molecule has 0 radical (unpaired) electrons. The number of nitrogens with zero attached hydrogens (tertiary/aromatic N) is 2. The summed E-state index contributed by atoms with van der Waals surface area (Å²) in [6.45, 7) is 8.88. The fourth-order valence-corrected chi connectivity index (χ4v) is 3.13. The maximum absolute atomic E-state index is 12.6. The molecule has 0 spiro atoms. The van der Waals surface area contributed by atoms with Crippen LogP contribution in [0, 0.1) is 0 Å². The molecule has 2 rings (SSSR count). The molecule has 0 saturated heterocycles. The van der Waals surface area contributed by atoms with E-state index < -0.39 is 0 Å². The molecule has 0 unspecified atom stereocenters. The van der Waals surface area contributed by atoms with Crippen molar-refractivity contribution in [3.8, 4) is 0 Å². The normalized spacial score (nSPS) is 11.1. The van der Waals surface area contributed by atoms with Gasteiger partial charge in [0, 0.05) is 39.2 Å². The predicted molar refractivity (Wildman–Crippen MR) is 111 cm³/mol. The number of rotatable bonds is 6. The molecular formula is C23H30N2O2. The third-order valence-corrected chi connectivity index (χ3v) is 4.62. The first-order valence-electron chi connectivity index (χ1n) is 9.35. The third kappa shape index (κ3) is 5.68. The van der Waals surface area contributed by atoms with Gasteiger partial charge in [-0.15, -0.1) is 0 Å². The van der Waals surface area contributed by atoms with E-state index in [4.69, 9.17) is 0 Å². The highest BCUT2D eigenvalue weighted by Gasteiger charge is 2.23. The number of carbonyl (C=O) groups excluding carboxylic acids is 2.